The third-order valence-electron chi connectivity index (χ3n) is 4.58. The van der Waals surface area contributed by atoms with Crippen molar-refractivity contribution in [3.05, 3.63) is 65.2 Å². The van der Waals surface area contributed by atoms with E-state index in [1.54, 1.807) is 11.0 Å². The molecule has 134 valence electrons. The van der Waals surface area contributed by atoms with Crippen LogP contribution in [0.5, 0.6) is 0 Å². The van der Waals surface area contributed by atoms with Crippen LogP contribution in [0.4, 0.5) is 4.79 Å². The van der Waals surface area contributed by atoms with Gasteiger partial charge in [-0.05, 0) is 42.7 Å². The molecule has 2 aliphatic heterocycles. The summed E-state index contributed by atoms with van der Waals surface area (Å²) in [6.45, 7) is 3.03. The molecule has 1 N–H and O–H groups in total. The lowest BCUT2D eigenvalue weighted by molar-refractivity contribution is 0.0824. The van der Waals surface area contributed by atoms with Crippen LogP contribution < -0.4 is 5.32 Å². The molecule has 1 fully saturated rings. The average Bonchev–Trinajstić information content (AvgIpc) is 2.67. The first-order valence-electron chi connectivity index (χ1n) is 8.72. The van der Waals surface area contributed by atoms with Crippen molar-refractivity contribution in [2.45, 2.75) is 19.4 Å². The van der Waals surface area contributed by atoms with Crippen LogP contribution in [0.2, 0.25) is 0 Å². The number of hydrogen-bond donors (Lipinski definition) is 1. The van der Waals surface area contributed by atoms with E-state index in [4.69, 9.17) is 4.74 Å². The van der Waals surface area contributed by atoms with Crippen LogP contribution in [0.15, 0.2) is 54.4 Å². The second-order valence-electron chi connectivity index (χ2n) is 6.43. The number of piperidine rings is 1. The Morgan fingerprint density at radius 1 is 1.24 bits per heavy atom. The highest BCUT2D eigenvalue weighted by Crippen LogP contribution is 2.18. The average molecular weight is 342 g/mol. The zero-order chi connectivity index (χ0) is 17.5. The van der Waals surface area contributed by atoms with Gasteiger partial charge < -0.3 is 25.2 Å². The zero-order valence-corrected chi connectivity index (χ0v) is 14.3. The van der Waals surface area contributed by atoms with E-state index in [-0.39, 0.29) is 6.09 Å². The van der Waals surface area contributed by atoms with Gasteiger partial charge in [-0.2, -0.15) is 0 Å². The minimum atomic E-state index is -0.233. The molecular weight excluding hydrogens is 318 g/mol. The van der Waals surface area contributed by atoms with E-state index >= 15 is 0 Å². The van der Waals surface area contributed by atoms with Crippen molar-refractivity contribution >= 4 is 6.09 Å². The molecule has 0 saturated carbocycles. The first-order valence-corrected chi connectivity index (χ1v) is 8.72. The highest BCUT2D eigenvalue weighted by Gasteiger charge is 2.23. The predicted octanol–water partition coefficient (Wildman–Crippen LogP) is 2.84. The summed E-state index contributed by atoms with van der Waals surface area (Å²) in [5.74, 6) is 0.526. The monoisotopic (exact) mass is 342 g/mol. The molecule has 25 heavy (non-hydrogen) atoms. The summed E-state index contributed by atoms with van der Waals surface area (Å²) < 4.78 is 5.39. The quantitative estimate of drug-likeness (QED) is 0.891. The van der Waals surface area contributed by atoms with Crippen LogP contribution in [-0.2, 0) is 11.3 Å². The molecule has 3 rings (SSSR count). The number of carbonyl (C=O) groups excluding carboxylic acids is 1. The van der Waals surface area contributed by atoms with Gasteiger partial charge in [0.05, 0.1) is 0 Å². The molecule has 2 heterocycles. The van der Waals surface area contributed by atoms with Crippen LogP contribution in [0.1, 0.15) is 18.4 Å². The Balaban J connectivity index is 1.35. The molecule has 0 bridgehead atoms. The van der Waals surface area contributed by atoms with E-state index in [0.717, 1.165) is 48.8 Å². The number of nitrogens with zero attached hydrogens (tertiary/aromatic N) is 2. The number of nitrogens with one attached hydrogen (secondary N) is 1. The van der Waals surface area contributed by atoms with Gasteiger partial charge in [0.2, 0.25) is 0 Å². The Bertz CT molecular complexity index is 622. The number of likely N-dealkylation sites (tertiary alicyclic amines) is 1. The van der Waals surface area contributed by atoms with E-state index in [0.29, 0.717) is 19.1 Å². The number of hydrogen-bond acceptors (Lipinski definition) is 5. The summed E-state index contributed by atoms with van der Waals surface area (Å²) >= 11 is 0. The lowest BCUT2D eigenvalue weighted by Gasteiger charge is -2.32. The maximum Gasteiger partial charge on any atom is 0.410 e. The Morgan fingerprint density at radius 2 is 2.00 bits per heavy atom. The minimum Gasteiger partial charge on any atom is -0.758 e. The molecule has 0 spiro atoms. The van der Waals surface area contributed by atoms with Gasteiger partial charge in [-0.15, -0.1) is 0 Å². The molecule has 0 unspecified atom stereocenters. The lowest BCUT2D eigenvalue weighted by Crippen LogP contribution is -2.41. The first-order chi connectivity index (χ1) is 12.2. The van der Waals surface area contributed by atoms with Gasteiger partial charge in [-0.25, -0.2) is 4.79 Å². The summed E-state index contributed by atoms with van der Waals surface area (Å²) in [5, 5.41) is 15.3. The number of carbonyl (C=O) groups is 1. The number of hydroxylamine groups is 2. The normalized spacial score (nSPS) is 18.0. The fourth-order valence-corrected chi connectivity index (χ4v) is 3.00. The summed E-state index contributed by atoms with van der Waals surface area (Å²) in [7, 11) is 0. The van der Waals surface area contributed by atoms with E-state index in [9.17, 15) is 10.0 Å². The molecule has 0 atom stereocenters. The van der Waals surface area contributed by atoms with E-state index in [2.05, 4.69) is 5.32 Å². The first kappa shape index (κ1) is 17.4. The van der Waals surface area contributed by atoms with Gasteiger partial charge in [-0.1, -0.05) is 30.3 Å². The largest absolute Gasteiger partial charge is 0.758 e. The topological polar surface area (TPSA) is 67.9 Å². The third-order valence-corrected chi connectivity index (χ3v) is 4.58. The highest BCUT2D eigenvalue weighted by molar-refractivity contribution is 5.67. The van der Waals surface area contributed by atoms with Gasteiger partial charge in [0.1, 0.15) is 6.61 Å². The van der Waals surface area contributed by atoms with E-state index in [1.165, 1.54) is 6.20 Å². The molecule has 1 saturated heterocycles. The molecule has 1 amide bonds. The number of rotatable bonds is 5. The SMILES string of the molecule is O=C(OCc1ccccc1)N1CCC(CNC2=CCN([O-])C=C2)CC1. The molecular formula is C19H24N3O3-. The molecule has 0 aliphatic carbocycles. The fraction of sp³-hybridized carbons (Fsp3) is 0.421. The van der Waals surface area contributed by atoms with Crippen molar-refractivity contribution in [1.29, 1.82) is 0 Å². The maximum atomic E-state index is 12.1. The van der Waals surface area contributed by atoms with Crippen molar-refractivity contribution in [2.75, 3.05) is 26.2 Å². The van der Waals surface area contributed by atoms with Crippen LogP contribution >= 0.6 is 0 Å². The molecule has 0 radical (unpaired) electrons. The molecule has 2 aliphatic rings. The molecule has 1 aromatic rings. The highest BCUT2D eigenvalue weighted by atomic mass is 16.6. The number of allylic oxidation sites excluding steroid dienone is 1. The smallest absolute Gasteiger partial charge is 0.410 e. The van der Waals surface area contributed by atoms with Gasteiger partial charge in [-0.3, -0.25) is 0 Å². The van der Waals surface area contributed by atoms with Crippen LogP contribution in [0.25, 0.3) is 0 Å². The van der Waals surface area contributed by atoms with Crippen molar-refractivity contribution in [1.82, 2.24) is 15.3 Å². The van der Waals surface area contributed by atoms with Crippen molar-refractivity contribution in [3.8, 4) is 0 Å². The van der Waals surface area contributed by atoms with Crippen LogP contribution in [0, 0.1) is 11.1 Å². The van der Waals surface area contributed by atoms with Crippen molar-refractivity contribution < 1.29 is 9.53 Å². The molecule has 1 aromatic carbocycles. The Kier molecular flexibility index (Phi) is 5.95. The third kappa shape index (κ3) is 5.26. The summed E-state index contributed by atoms with van der Waals surface area (Å²) in [6, 6.07) is 9.72. The van der Waals surface area contributed by atoms with Gasteiger partial charge >= 0.3 is 6.09 Å². The Labute approximate surface area is 148 Å². The van der Waals surface area contributed by atoms with Crippen LogP contribution in [0.3, 0.4) is 0 Å². The van der Waals surface area contributed by atoms with Gasteiger partial charge in [0.25, 0.3) is 0 Å². The lowest BCUT2D eigenvalue weighted by atomic mass is 9.97. The number of ether oxygens (including phenoxy) is 1. The fourth-order valence-electron chi connectivity index (χ4n) is 3.00. The summed E-state index contributed by atoms with van der Waals surface area (Å²) in [6.07, 6.45) is 6.91. The minimum absolute atomic E-state index is 0.233. The number of amides is 1. The zero-order valence-electron chi connectivity index (χ0n) is 14.3. The van der Waals surface area contributed by atoms with Gasteiger partial charge in [0.15, 0.2) is 0 Å². The predicted molar refractivity (Wildman–Crippen MR) is 96.2 cm³/mol. The van der Waals surface area contributed by atoms with Crippen molar-refractivity contribution in [3.63, 3.8) is 0 Å². The number of benzene rings is 1. The molecule has 6 heteroatoms. The van der Waals surface area contributed by atoms with Crippen molar-refractivity contribution in [2.24, 2.45) is 5.92 Å². The second-order valence-corrected chi connectivity index (χ2v) is 6.43. The second kappa shape index (κ2) is 8.58. The Morgan fingerprint density at radius 3 is 2.68 bits per heavy atom. The maximum absolute atomic E-state index is 12.1. The van der Waals surface area contributed by atoms with E-state index < -0.39 is 0 Å². The molecule has 6 nitrogen and oxygen atoms in total. The van der Waals surface area contributed by atoms with E-state index in [1.807, 2.05) is 36.4 Å². The van der Waals surface area contributed by atoms with Crippen LogP contribution in [-0.4, -0.2) is 42.2 Å². The van der Waals surface area contributed by atoms with Gasteiger partial charge in [0, 0.05) is 31.9 Å². The standard InChI is InChI=1S/C19H24N3O3/c23-19(25-15-17-4-2-1-3-5-17)21-10-6-16(7-11-21)14-20-18-8-12-22(24)13-9-18/h1-5,8-9,12,16,20H,6-7,10-11,13-15H2/q-1. The summed E-state index contributed by atoms with van der Waals surface area (Å²) in [4.78, 5) is 13.9. The Hall–Kier alpha value is -2.47. The molecule has 0 aromatic heterocycles. The summed E-state index contributed by atoms with van der Waals surface area (Å²) in [5.41, 5.74) is 2.00.